The van der Waals surface area contributed by atoms with Gasteiger partial charge in [0.25, 0.3) is 0 Å². The average Bonchev–Trinajstić information content (AvgIpc) is 2.35. The Labute approximate surface area is 102 Å². The van der Waals surface area contributed by atoms with Gasteiger partial charge in [0.15, 0.2) is 0 Å². The second-order valence-corrected chi connectivity index (χ2v) is 4.08. The highest BCUT2D eigenvalue weighted by molar-refractivity contribution is 6.16. The molecule has 0 radical (unpaired) electrons. The van der Waals surface area contributed by atoms with Crippen molar-refractivity contribution in [3.8, 4) is 5.75 Å². The summed E-state index contributed by atoms with van der Waals surface area (Å²) in [6.45, 7) is 7.93. The molecule has 0 amide bonds. The van der Waals surface area contributed by atoms with Crippen LogP contribution in [-0.2, 0) is 9.53 Å². The Balaban J connectivity index is 3.17. The summed E-state index contributed by atoms with van der Waals surface area (Å²) in [4.78, 5) is 11.4. The maximum Gasteiger partial charge on any atom is 0.337 e. The summed E-state index contributed by atoms with van der Waals surface area (Å²) in [6.07, 6.45) is 0. The zero-order valence-corrected chi connectivity index (χ0v) is 10.7. The van der Waals surface area contributed by atoms with E-state index < -0.39 is 5.97 Å². The Morgan fingerprint density at radius 3 is 2.41 bits per heavy atom. The smallest absolute Gasteiger partial charge is 0.337 e. The molecule has 0 heterocycles. The third-order valence-corrected chi connectivity index (χ3v) is 2.65. The van der Waals surface area contributed by atoms with Crippen molar-refractivity contribution in [3.05, 3.63) is 35.9 Å². The summed E-state index contributed by atoms with van der Waals surface area (Å²) in [7, 11) is 2.91. The van der Waals surface area contributed by atoms with E-state index >= 15 is 0 Å². The molecular formula is C14H18O3. The zero-order valence-electron chi connectivity index (χ0n) is 10.7. The van der Waals surface area contributed by atoms with Crippen molar-refractivity contribution >= 4 is 11.5 Å². The quantitative estimate of drug-likeness (QED) is 0.593. The molecule has 1 aromatic carbocycles. The van der Waals surface area contributed by atoms with Crippen LogP contribution >= 0.6 is 0 Å². The maximum absolute atomic E-state index is 11.4. The van der Waals surface area contributed by atoms with E-state index in [9.17, 15) is 4.79 Å². The topological polar surface area (TPSA) is 35.5 Å². The molecule has 3 nitrogen and oxygen atoms in total. The third kappa shape index (κ3) is 2.87. The standard InChI is InChI=1S/C14H18O3/c1-9(2)11-6-7-12(13(8-11)16-4)10(3)14(15)17-5/h6-9H,3H2,1-2,4-5H3. The van der Waals surface area contributed by atoms with Gasteiger partial charge < -0.3 is 9.47 Å². The van der Waals surface area contributed by atoms with Gasteiger partial charge in [0, 0.05) is 5.56 Å². The first-order valence-corrected chi connectivity index (χ1v) is 5.46. The lowest BCUT2D eigenvalue weighted by Crippen LogP contribution is -2.04. The number of esters is 1. The zero-order chi connectivity index (χ0) is 13.0. The predicted octanol–water partition coefficient (Wildman–Crippen LogP) is 3.00. The van der Waals surface area contributed by atoms with E-state index in [1.807, 2.05) is 18.2 Å². The second-order valence-electron chi connectivity index (χ2n) is 4.08. The van der Waals surface area contributed by atoms with E-state index in [1.54, 1.807) is 7.11 Å². The summed E-state index contributed by atoms with van der Waals surface area (Å²) in [5, 5.41) is 0. The molecule has 0 aliphatic rings. The van der Waals surface area contributed by atoms with E-state index in [-0.39, 0.29) is 0 Å². The summed E-state index contributed by atoms with van der Waals surface area (Å²) >= 11 is 0. The maximum atomic E-state index is 11.4. The van der Waals surface area contributed by atoms with Crippen LogP contribution in [0.3, 0.4) is 0 Å². The Morgan fingerprint density at radius 2 is 1.94 bits per heavy atom. The number of benzene rings is 1. The van der Waals surface area contributed by atoms with Crippen molar-refractivity contribution in [3.63, 3.8) is 0 Å². The fourth-order valence-corrected chi connectivity index (χ4v) is 1.55. The molecular weight excluding hydrogens is 216 g/mol. The van der Waals surface area contributed by atoms with Crippen molar-refractivity contribution in [2.75, 3.05) is 14.2 Å². The minimum Gasteiger partial charge on any atom is -0.496 e. The molecule has 0 bridgehead atoms. The Morgan fingerprint density at radius 1 is 1.29 bits per heavy atom. The van der Waals surface area contributed by atoms with E-state index in [4.69, 9.17) is 4.74 Å². The lowest BCUT2D eigenvalue weighted by molar-refractivity contribution is -0.133. The molecule has 0 atom stereocenters. The lowest BCUT2D eigenvalue weighted by atomic mass is 9.98. The second kappa shape index (κ2) is 5.53. The number of carbonyl (C=O) groups is 1. The number of methoxy groups -OCH3 is 2. The van der Waals surface area contributed by atoms with Gasteiger partial charge in [-0.15, -0.1) is 0 Å². The van der Waals surface area contributed by atoms with Crippen LogP contribution in [0, 0.1) is 0 Å². The van der Waals surface area contributed by atoms with Gasteiger partial charge in [-0.2, -0.15) is 0 Å². The molecule has 0 unspecified atom stereocenters. The molecule has 0 aliphatic carbocycles. The average molecular weight is 234 g/mol. The fourth-order valence-electron chi connectivity index (χ4n) is 1.55. The molecule has 0 aliphatic heterocycles. The van der Waals surface area contributed by atoms with Crippen molar-refractivity contribution in [2.24, 2.45) is 0 Å². The largest absolute Gasteiger partial charge is 0.496 e. The van der Waals surface area contributed by atoms with Crippen molar-refractivity contribution < 1.29 is 14.3 Å². The van der Waals surface area contributed by atoms with Gasteiger partial charge in [0.05, 0.1) is 19.8 Å². The third-order valence-electron chi connectivity index (χ3n) is 2.65. The summed E-state index contributed by atoms with van der Waals surface area (Å²) in [5.41, 5.74) is 2.13. The van der Waals surface area contributed by atoms with Crippen LogP contribution in [0.15, 0.2) is 24.8 Å². The number of hydrogen-bond acceptors (Lipinski definition) is 3. The molecule has 0 aromatic heterocycles. The molecule has 0 saturated carbocycles. The van der Waals surface area contributed by atoms with Crippen LogP contribution in [0.1, 0.15) is 30.9 Å². The lowest BCUT2D eigenvalue weighted by Gasteiger charge is -2.13. The molecule has 17 heavy (non-hydrogen) atoms. The first kappa shape index (κ1) is 13.3. The number of carbonyl (C=O) groups excluding carboxylic acids is 1. The van der Waals surface area contributed by atoms with Gasteiger partial charge in [0.1, 0.15) is 5.75 Å². The van der Waals surface area contributed by atoms with E-state index in [1.165, 1.54) is 7.11 Å². The molecule has 0 saturated heterocycles. The highest BCUT2D eigenvalue weighted by Gasteiger charge is 2.15. The van der Waals surface area contributed by atoms with Gasteiger partial charge in [0.2, 0.25) is 0 Å². The van der Waals surface area contributed by atoms with E-state index in [0.29, 0.717) is 22.8 Å². The monoisotopic (exact) mass is 234 g/mol. The van der Waals surface area contributed by atoms with Crippen LogP contribution in [0.2, 0.25) is 0 Å². The van der Waals surface area contributed by atoms with Crippen LogP contribution in [0.4, 0.5) is 0 Å². The Hall–Kier alpha value is -1.77. The summed E-state index contributed by atoms with van der Waals surface area (Å²) < 4.78 is 9.93. The van der Waals surface area contributed by atoms with Crippen LogP contribution < -0.4 is 4.74 Å². The molecule has 1 rings (SSSR count). The van der Waals surface area contributed by atoms with Crippen LogP contribution in [0.25, 0.3) is 5.57 Å². The molecule has 0 fully saturated rings. The highest BCUT2D eigenvalue weighted by atomic mass is 16.5. The van der Waals surface area contributed by atoms with Crippen molar-refractivity contribution in [1.29, 1.82) is 0 Å². The molecule has 1 aromatic rings. The number of hydrogen-bond donors (Lipinski definition) is 0. The summed E-state index contributed by atoms with van der Waals surface area (Å²) in [6, 6.07) is 5.73. The number of rotatable bonds is 4. The highest BCUT2D eigenvalue weighted by Crippen LogP contribution is 2.29. The van der Waals surface area contributed by atoms with Crippen molar-refractivity contribution in [2.45, 2.75) is 19.8 Å². The normalized spacial score (nSPS) is 10.2. The van der Waals surface area contributed by atoms with E-state index in [0.717, 1.165) is 5.56 Å². The first-order chi connectivity index (χ1) is 8.01. The Kier molecular flexibility index (Phi) is 4.32. The van der Waals surface area contributed by atoms with Gasteiger partial charge in [-0.1, -0.05) is 32.6 Å². The molecule has 0 N–H and O–H groups in total. The molecule has 92 valence electrons. The number of ether oxygens (including phenoxy) is 2. The SMILES string of the molecule is C=C(C(=O)OC)c1ccc(C(C)C)cc1OC. The van der Waals surface area contributed by atoms with Gasteiger partial charge in [-0.25, -0.2) is 4.79 Å². The van der Waals surface area contributed by atoms with Gasteiger partial charge in [-0.3, -0.25) is 0 Å². The minimum absolute atomic E-state index is 0.305. The van der Waals surface area contributed by atoms with Gasteiger partial charge in [-0.05, 0) is 17.5 Å². The fraction of sp³-hybridized carbons (Fsp3) is 0.357. The van der Waals surface area contributed by atoms with Crippen molar-refractivity contribution in [1.82, 2.24) is 0 Å². The van der Waals surface area contributed by atoms with E-state index in [2.05, 4.69) is 25.2 Å². The molecule has 0 spiro atoms. The Bertz CT molecular complexity index is 433. The van der Waals surface area contributed by atoms with Crippen LogP contribution in [-0.4, -0.2) is 20.2 Å². The van der Waals surface area contributed by atoms with Crippen LogP contribution in [0.5, 0.6) is 5.75 Å². The molecule has 3 heteroatoms. The van der Waals surface area contributed by atoms with Gasteiger partial charge >= 0.3 is 5.97 Å². The predicted molar refractivity (Wildman–Crippen MR) is 68.1 cm³/mol. The minimum atomic E-state index is -0.444. The summed E-state index contributed by atoms with van der Waals surface area (Å²) in [5.74, 6) is 0.608. The first-order valence-electron chi connectivity index (χ1n) is 5.46.